The topological polar surface area (TPSA) is 75.0 Å². The van der Waals surface area contributed by atoms with E-state index in [2.05, 4.69) is 34.5 Å². The van der Waals surface area contributed by atoms with Crippen molar-refractivity contribution in [3.05, 3.63) is 95.7 Å². The van der Waals surface area contributed by atoms with Crippen LogP contribution in [-0.2, 0) is 22.5 Å². The molecule has 4 aromatic rings. The second-order valence-corrected chi connectivity index (χ2v) is 8.99. The Morgan fingerprint density at radius 1 is 0.917 bits per heavy atom. The molecule has 0 unspecified atom stereocenters. The number of nitrogens with zero attached hydrogens (tertiary/aromatic N) is 2. The molecule has 0 radical (unpaired) electrons. The first-order valence-electron chi connectivity index (χ1n) is 12.1. The molecule has 7 heteroatoms. The zero-order chi connectivity index (χ0) is 24.9. The number of nitrogens with one attached hydrogen (secondary N) is 1. The van der Waals surface area contributed by atoms with Gasteiger partial charge in [-0.15, -0.1) is 0 Å². The van der Waals surface area contributed by atoms with Gasteiger partial charge in [0.25, 0.3) is 5.91 Å². The molecule has 1 fully saturated rings. The van der Waals surface area contributed by atoms with E-state index in [1.165, 1.54) is 5.69 Å². The number of fused-ring (bicyclic) bond motifs is 1. The molecule has 1 aliphatic heterocycles. The number of likely N-dealkylation sites (N-methyl/N-ethyl adjacent to an activating group) is 1. The van der Waals surface area contributed by atoms with Gasteiger partial charge >= 0.3 is 0 Å². The number of morpholine rings is 1. The Morgan fingerprint density at radius 2 is 1.61 bits per heavy atom. The van der Waals surface area contributed by atoms with E-state index < -0.39 is 0 Å². The first-order valence-corrected chi connectivity index (χ1v) is 12.1. The fraction of sp³-hybridized carbons (Fsp3) is 0.241. The molecule has 0 spiro atoms. The lowest BCUT2D eigenvalue weighted by atomic mass is 10.1. The minimum atomic E-state index is -0.311. The maximum Gasteiger partial charge on any atom is 0.291 e. The van der Waals surface area contributed by atoms with E-state index in [1.54, 1.807) is 23.1 Å². The monoisotopic (exact) mass is 483 g/mol. The van der Waals surface area contributed by atoms with Crippen molar-refractivity contribution in [3.63, 3.8) is 0 Å². The Hall–Kier alpha value is -4.10. The summed E-state index contributed by atoms with van der Waals surface area (Å²) in [6, 6.07) is 24.9. The first kappa shape index (κ1) is 23.6. The predicted octanol–water partition coefficient (Wildman–Crippen LogP) is 4.72. The molecule has 1 aliphatic rings. The molecule has 2 heterocycles. The van der Waals surface area contributed by atoms with Gasteiger partial charge < -0.3 is 24.3 Å². The summed E-state index contributed by atoms with van der Waals surface area (Å²) in [6.45, 7) is 3.87. The second kappa shape index (κ2) is 10.7. The summed E-state index contributed by atoms with van der Waals surface area (Å²) in [6.07, 6.45) is 0.292. The van der Waals surface area contributed by atoms with Gasteiger partial charge in [-0.05, 0) is 47.5 Å². The number of anilines is 2. The number of rotatable bonds is 7. The minimum Gasteiger partial charge on any atom is -0.451 e. The Kier molecular flexibility index (Phi) is 7.00. The molecule has 1 saturated heterocycles. The van der Waals surface area contributed by atoms with Gasteiger partial charge in [0.2, 0.25) is 5.91 Å². The third-order valence-electron chi connectivity index (χ3n) is 6.37. The van der Waals surface area contributed by atoms with E-state index in [4.69, 9.17) is 9.15 Å². The average Bonchev–Trinajstić information content (AvgIpc) is 3.35. The Bertz CT molecular complexity index is 1310. The molecule has 1 aromatic heterocycles. The smallest absolute Gasteiger partial charge is 0.291 e. The van der Waals surface area contributed by atoms with E-state index in [0.717, 1.165) is 42.8 Å². The van der Waals surface area contributed by atoms with Crippen molar-refractivity contribution in [2.75, 3.05) is 43.6 Å². The Balaban J connectivity index is 1.13. The van der Waals surface area contributed by atoms with Gasteiger partial charge in [0, 0.05) is 43.4 Å². The molecule has 0 aliphatic carbocycles. The minimum absolute atomic E-state index is 0.0336. The normalized spacial score (nSPS) is 13.5. The van der Waals surface area contributed by atoms with E-state index in [9.17, 15) is 9.59 Å². The number of hydrogen-bond acceptors (Lipinski definition) is 5. The van der Waals surface area contributed by atoms with Crippen LogP contribution in [0.15, 0.2) is 83.3 Å². The number of carbonyl (C=O) groups is 2. The van der Waals surface area contributed by atoms with Gasteiger partial charge in [0.05, 0.1) is 19.6 Å². The number of hydrogen-bond donors (Lipinski definition) is 1. The molecule has 0 saturated carbocycles. The highest BCUT2D eigenvalue weighted by Gasteiger charge is 2.15. The highest BCUT2D eigenvalue weighted by Crippen LogP contribution is 2.21. The molecule has 5 rings (SSSR count). The van der Waals surface area contributed by atoms with Crippen LogP contribution in [0.5, 0.6) is 0 Å². The highest BCUT2D eigenvalue weighted by molar-refractivity contribution is 6.04. The van der Waals surface area contributed by atoms with Crippen molar-refractivity contribution < 1.29 is 18.7 Å². The van der Waals surface area contributed by atoms with E-state index >= 15 is 0 Å². The van der Waals surface area contributed by atoms with Crippen LogP contribution in [0.4, 0.5) is 11.4 Å². The van der Waals surface area contributed by atoms with Gasteiger partial charge in [-0.1, -0.05) is 42.5 Å². The summed E-state index contributed by atoms with van der Waals surface area (Å²) in [5, 5.41) is 3.73. The molecular weight excluding hydrogens is 454 g/mol. The third-order valence-corrected chi connectivity index (χ3v) is 6.37. The van der Waals surface area contributed by atoms with Crippen LogP contribution >= 0.6 is 0 Å². The number of amides is 2. The van der Waals surface area contributed by atoms with Gasteiger partial charge in [-0.2, -0.15) is 0 Å². The summed E-state index contributed by atoms with van der Waals surface area (Å²) < 4.78 is 11.0. The summed E-state index contributed by atoms with van der Waals surface area (Å²) in [5.41, 5.74) is 4.48. The number of ether oxygens (including phenoxy) is 1. The van der Waals surface area contributed by atoms with Crippen LogP contribution in [-0.4, -0.2) is 50.1 Å². The van der Waals surface area contributed by atoms with E-state index in [-0.39, 0.29) is 17.6 Å². The SMILES string of the molecule is CN(Cc1ccc(N2CCOCC2)cc1)C(=O)Cc1ccc(NC(=O)c2cc3ccccc3o2)cc1. The fourth-order valence-electron chi connectivity index (χ4n) is 4.30. The summed E-state index contributed by atoms with van der Waals surface area (Å²) in [4.78, 5) is 29.4. The number of carbonyl (C=O) groups excluding carboxylic acids is 2. The summed E-state index contributed by atoms with van der Waals surface area (Å²) >= 11 is 0. The maximum atomic E-state index is 12.8. The largest absolute Gasteiger partial charge is 0.451 e. The van der Waals surface area contributed by atoms with Crippen LogP contribution in [0.3, 0.4) is 0 Å². The first-order chi connectivity index (χ1) is 17.5. The molecule has 0 bridgehead atoms. The third kappa shape index (κ3) is 5.58. The average molecular weight is 484 g/mol. The maximum absolute atomic E-state index is 12.8. The lowest BCUT2D eigenvalue weighted by Gasteiger charge is -2.29. The Morgan fingerprint density at radius 3 is 2.33 bits per heavy atom. The van der Waals surface area contributed by atoms with Gasteiger partial charge in [-0.3, -0.25) is 9.59 Å². The second-order valence-electron chi connectivity index (χ2n) is 8.99. The molecule has 2 amide bonds. The van der Waals surface area contributed by atoms with Crippen LogP contribution in [0.1, 0.15) is 21.7 Å². The van der Waals surface area contributed by atoms with Gasteiger partial charge in [0.15, 0.2) is 5.76 Å². The van der Waals surface area contributed by atoms with Crippen LogP contribution in [0, 0.1) is 0 Å². The predicted molar refractivity (Wildman–Crippen MR) is 140 cm³/mol. The molecule has 36 heavy (non-hydrogen) atoms. The quantitative estimate of drug-likeness (QED) is 0.412. The zero-order valence-corrected chi connectivity index (χ0v) is 20.3. The molecular formula is C29H29N3O4. The van der Waals surface area contributed by atoms with Crippen LogP contribution < -0.4 is 10.2 Å². The lowest BCUT2D eigenvalue weighted by Crippen LogP contribution is -2.36. The standard InChI is InChI=1S/C29H29N3O4/c1-31(20-22-8-12-25(13-9-22)32-14-16-35-17-15-32)28(33)18-21-6-10-24(11-7-21)30-29(34)27-19-23-4-2-3-5-26(23)36-27/h2-13,19H,14-18,20H2,1H3,(H,30,34). The number of para-hydroxylation sites is 1. The lowest BCUT2D eigenvalue weighted by molar-refractivity contribution is -0.129. The van der Waals surface area contributed by atoms with Crippen molar-refractivity contribution >= 4 is 34.2 Å². The number of benzene rings is 3. The molecule has 3 aromatic carbocycles. The van der Waals surface area contributed by atoms with Crippen molar-refractivity contribution in [2.45, 2.75) is 13.0 Å². The van der Waals surface area contributed by atoms with Gasteiger partial charge in [-0.25, -0.2) is 0 Å². The Labute approximate surface area is 210 Å². The molecule has 1 N–H and O–H groups in total. The van der Waals surface area contributed by atoms with Crippen molar-refractivity contribution in [2.24, 2.45) is 0 Å². The van der Waals surface area contributed by atoms with Gasteiger partial charge in [0.1, 0.15) is 5.58 Å². The zero-order valence-electron chi connectivity index (χ0n) is 20.3. The van der Waals surface area contributed by atoms with Crippen LogP contribution in [0.25, 0.3) is 11.0 Å². The summed E-state index contributed by atoms with van der Waals surface area (Å²) in [7, 11) is 1.82. The molecule has 7 nitrogen and oxygen atoms in total. The van der Waals surface area contributed by atoms with Crippen LogP contribution in [0.2, 0.25) is 0 Å². The summed E-state index contributed by atoms with van der Waals surface area (Å²) in [5.74, 6) is -0.0178. The van der Waals surface area contributed by atoms with Crippen molar-refractivity contribution in [1.82, 2.24) is 4.90 Å². The fourth-order valence-corrected chi connectivity index (χ4v) is 4.30. The highest BCUT2D eigenvalue weighted by atomic mass is 16.5. The van der Waals surface area contributed by atoms with E-state index in [1.807, 2.05) is 43.4 Å². The van der Waals surface area contributed by atoms with E-state index in [0.29, 0.717) is 24.2 Å². The molecule has 184 valence electrons. The van der Waals surface area contributed by atoms with Crippen molar-refractivity contribution in [3.8, 4) is 0 Å². The number of furan rings is 1. The molecule has 0 atom stereocenters. The van der Waals surface area contributed by atoms with Crippen molar-refractivity contribution in [1.29, 1.82) is 0 Å².